The minimum absolute atomic E-state index is 0.120. The van der Waals surface area contributed by atoms with E-state index in [9.17, 15) is 4.79 Å². The Labute approximate surface area is 249 Å². The Balaban J connectivity index is 1.25. The van der Waals surface area contributed by atoms with Crippen molar-refractivity contribution in [2.45, 2.75) is 97.4 Å². The summed E-state index contributed by atoms with van der Waals surface area (Å²) in [5.74, 6) is 0.952. The molecule has 1 aromatic heterocycles. The van der Waals surface area contributed by atoms with E-state index in [0.717, 1.165) is 24.4 Å². The molecule has 7 heteroatoms. The molecular formula is C33H46ClN2O3S+. The van der Waals surface area contributed by atoms with E-state index < -0.39 is 0 Å². The molecular weight excluding hydrogens is 540 g/mol. The van der Waals surface area contributed by atoms with Gasteiger partial charge in [-0.2, -0.15) is 4.57 Å². The molecule has 218 valence electrons. The first-order valence-electron chi connectivity index (χ1n) is 14.9. The van der Waals surface area contributed by atoms with Crippen molar-refractivity contribution in [3.63, 3.8) is 0 Å². The first kappa shape index (κ1) is 32.0. The van der Waals surface area contributed by atoms with E-state index in [4.69, 9.17) is 21.1 Å². The number of amides is 1. The SMILES string of the molecule is CCCCCCCCCCCCCCOc1ccc(OCC(=O)Nc2ccc(C[n+]3csc(C)c3)cc2)c(Cl)c1. The molecule has 5 nitrogen and oxygen atoms in total. The molecule has 0 saturated heterocycles. The predicted molar refractivity (Wildman–Crippen MR) is 167 cm³/mol. The van der Waals surface area contributed by atoms with Crippen LogP contribution in [0.5, 0.6) is 11.5 Å². The van der Waals surface area contributed by atoms with Crippen LogP contribution in [-0.4, -0.2) is 19.1 Å². The number of hydrogen-bond acceptors (Lipinski definition) is 4. The first-order valence-corrected chi connectivity index (χ1v) is 16.2. The number of nitrogens with one attached hydrogen (secondary N) is 1. The zero-order valence-corrected chi connectivity index (χ0v) is 25.8. The molecule has 1 amide bonds. The molecule has 0 aliphatic carbocycles. The molecule has 1 N–H and O–H groups in total. The van der Waals surface area contributed by atoms with Crippen LogP contribution in [0.3, 0.4) is 0 Å². The summed E-state index contributed by atoms with van der Waals surface area (Å²) in [5.41, 5.74) is 4.01. The van der Waals surface area contributed by atoms with Crippen molar-refractivity contribution in [3.05, 3.63) is 69.6 Å². The molecule has 40 heavy (non-hydrogen) atoms. The highest BCUT2D eigenvalue weighted by Gasteiger charge is 2.09. The number of hydrogen-bond donors (Lipinski definition) is 1. The van der Waals surface area contributed by atoms with Gasteiger partial charge < -0.3 is 14.8 Å². The maximum Gasteiger partial charge on any atom is 0.262 e. The number of unbranched alkanes of at least 4 members (excludes halogenated alkanes) is 11. The monoisotopic (exact) mass is 585 g/mol. The van der Waals surface area contributed by atoms with Gasteiger partial charge in [0.25, 0.3) is 5.91 Å². The molecule has 3 aromatic rings. The van der Waals surface area contributed by atoms with Crippen LogP contribution in [-0.2, 0) is 11.3 Å². The van der Waals surface area contributed by atoms with Gasteiger partial charge in [-0.1, -0.05) is 113 Å². The molecule has 0 unspecified atom stereocenters. The topological polar surface area (TPSA) is 51.4 Å². The summed E-state index contributed by atoms with van der Waals surface area (Å²) in [4.78, 5) is 13.7. The van der Waals surface area contributed by atoms with E-state index in [2.05, 4.69) is 35.4 Å². The quantitative estimate of drug-likeness (QED) is 0.106. The van der Waals surface area contributed by atoms with E-state index in [1.54, 1.807) is 23.5 Å². The Morgan fingerprint density at radius 3 is 2.12 bits per heavy atom. The van der Waals surface area contributed by atoms with Crippen molar-refractivity contribution in [2.24, 2.45) is 0 Å². The van der Waals surface area contributed by atoms with Crippen molar-refractivity contribution in [1.82, 2.24) is 0 Å². The highest BCUT2D eigenvalue weighted by atomic mass is 35.5. The standard InChI is InChI=1S/C33H45ClN2O3S/c1-3-4-5-6-7-8-9-10-11-12-13-14-21-38-30-19-20-32(31(34)22-30)39-25-33(37)35-29-17-15-28(16-18-29)24-36-23-27(2)40-26-36/h15-20,22-23,26H,3-14,21,24-25H2,1-2H3/p+1. The van der Waals surface area contributed by atoms with Crippen LogP contribution in [0.4, 0.5) is 5.69 Å². The average molecular weight is 586 g/mol. The molecule has 0 aliphatic heterocycles. The van der Waals surface area contributed by atoms with Crippen LogP contribution >= 0.6 is 22.9 Å². The third kappa shape index (κ3) is 12.7. The number of anilines is 1. The number of benzene rings is 2. The maximum absolute atomic E-state index is 12.4. The summed E-state index contributed by atoms with van der Waals surface area (Å²) in [5, 5.41) is 3.31. The number of carbonyl (C=O) groups is 1. The van der Waals surface area contributed by atoms with E-state index >= 15 is 0 Å². The Bertz CT molecular complexity index is 1130. The highest BCUT2D eigenvalue weighted by molar-refractivity contribution is 7.09. The number of carbonyl (C=O) groups excluding carboxylic acids is 1. The lowest BCUT2D eigenvalue weighted by Gasteiger charge is -2.11. The molecule has 0 radical (unpaired) electrons. The summed E-state index contributed by atoms with van der Waals surface area (Å²) >= 11 is 8.10. The first-order chi connectivity index (χ1) is 19.5. The van der Waals surface area contributed by atoms with Gasteiger partial charge in [-0.05, 0) is 37.6 Å². The van der Waals surface area contributed by atoms with Crippen molar-refractivity contribution in [1.29, 1.82) is 0 Å². The van der Waals surface area contributed by atoms with Crippen LogP contribution < -0.4 is 19.4 Å². The summed E-state index contributed by atoms with van der Waals surface area (Å²) in [7, 11) is 0. The summed E-state index contributed by atoms with van der Waals surface area (Å²) in [6, 6.07) is 13.2. The second kappa shape index (κ2) is 18.7. The fourth-order valence-corrected chi connectivity index (χ4v) is 5.45. The van der Waals surface area contributed by atoms with Gasteiger partial charge >= 0.3 is 0 Å². The van der Waals surface area contributed by atoms with Gasteiger partial charge in [0.15, 0.2) is 19.3 Å². The van der Waals surface area contributed by atoms with Crippen LogP contribution in [0.15, 0.2) is 54.2 Å². The van der Waals surface area contributed by atoms with Crippen LogP contribution in [0, 0.1) is 6.92 Å². The van der Waals surface area contributed by atoms with Gasteiger partial charge in [-0.15, -0.1) is 0 Å². The average Bonchev–Trinajstić information content (AvgIpc) is 3.36. The van der Waals surface area contributed by atoms with E-state index in [1.165, 1.54) is 81.1 Å². The third-order valence-corrected chi connectivity index (χ3v) is 8.00. The number of ether oxygens (including phenoxy) is 2. The molecule has 0 saturated carbocycles. The summed E-state index contributed by atoms with van der Waals surface area (Å²) in [6.07, 6.45) is 18.0. The van der Waals surface area contributed by atoms with E-state index in [-0.39, 0.29) is 12.5 Å². The second-order valence-electron chi connectivity index (χ2n) is 10.5. The minimum Gasteiger partial charge on any atom is -0.494 e. The van der Waals surface area contributed by atoms with Gasteiger partial charge in [0.05, 0.1) is 16.5 Å². The Hall–Kier alpha value is -2.57. The molecule has 0 atom stereocenters. The fourth-order valence-electron chi connectivity index (χ4n) is 4.59. The fraction of sp³-hybridized carbons (Fsp3) is 0.515. The lowest BCUT2D eigenvalue weighted by Crippen LogP contribution is -2.30. The number of aryl methyl sites for hydroxylation is 1. The smallest absolute Gasteiger partial charge is 0.262 e. The zero-order chi connectivity index (χ0) is 28.4. The van der Waals surface area contributed by atoms with Gasteiger partial charge in [0, 0.05) is 17.3 Å². The molecule has 1 heterocycles. The summed E-state index contributed by atoms with van der Waals surface area (Å²) in [6.45, 7) is 5.73. The van der Waals surface area contributed by atoms with Gasteiger partial charge in [0.1, 0.15) is 11.5 Å². The van der Waals surface area contributed by atoms with E-state index in [0.29, 0.717) is 17.4 Å². The van der Waals surface area contributed by atoms with Crippen LogP contribution in [0.1, 0.15) is 94.4 Å². The molecule has 3 rings (SSSR count). The molecule has 0 spiro atoms. The number of nitrogens with zero attached hydrogens (tertiary/aromatic N) is 1. The minimum atomic E-state index is -0.237. The van der Waals surface area contributed by atoms with Gasteiger partial charge in [-0.25, -0.2) is 0 Å². The van der Waals surface area contributed by atoms with Crippen molar-refractivity contribution in [3.8, 4) is 11.5 Å². The lowest BCUT2D eigenvalue weighted by molar-refractivity contribution is -0.683. The van der Waals surface area contributed by atoms with Crippen LogP contribution in [0.2, 0.25) is 5.02 Å². The molecule has 0 bridgehead atoms. The maximum atomic E-state index is 12.4. The second-order valence-corrected chi connectivity index (χ2v) is 12.0. The Morgan fingerprint density at radius 2 is 1.52 bits per heavy atom. The number of thiazole rings is 1. The number of rotatable bonds is 20. The largest absolute Gasteiger partial charge is 0.494 e. The van der Waals surface area contributed by atoms with Crippen molar-refractivity contribution < 1.29 is 18.8 Å². The van der Waals surface area contributed by atoms with Crippen molar-refractivity contribution in [2.75, 3.05) is 18.5 Å². The Morgan fingerprint density at radius 1 is 0.875 bits per heavy atom. The van der Waals surface area contributed by atoms with E-state index in [1.807, 2.05) is 30.3 Å². The van der Waals surface area contributed by atoms with Gasteiger partial charge in [-0.3, -0.25) is 4.79 Å². The predicted octanol–water partition coefficient (Wildman–Crippen LogP) is 9.14. The highest BCUT2D eigenvalue weighted by Crippen LogP contribution is 2.29. The number of aromatic nitrogens is 1. The number of halogens is 1. The molecule has 2 aromatic carbocycles. The zero-order valence-electron chi connectivity index (χ0n) is 24.3. The normalized spacial score (nSPS) is 11.0. The Kier molecular flexibility index (Phi) is 15.0. The summed E-state index contributed by atoms with van der Waals surface area (Å²) < 4.78 is 13.7. The molecule has 0 aliphatic rings. The van der Waals surface area contributed by atoms with Crippen LogP contribution in [0.25, 0.3) is 0 Å². The molecule has 0 fully saturated rings. The van der Waals surface area contributed by atoms with Gasteiger partial charge in [0.2, 0.25) is 5.51 Å². The van der Waals surface area contributed by atoms with Crippen molar-refractivity contribution >= 4 is 34.5 Å². The lowest BCUT2D eigenvalue weighted by atomic mass is 10.1. The third-order valence-electron chi connectivity index (χ3n) is 6.85.